The summed E-state index contributed by atoms with van der Waals surface area (Å²) in [5.74, 6) is -0.107. The summed E-state index contributed by atoms with van der Waals surface area (Å²) in [4.78, 5) is 14.1. The van der Waals surface area contributed by atoms with Gasteiger partial charge in [-0.15, -0.1) is 10.2 Å². The van der Waals surface area contributed by atoms with Crippen molar-refractivity contribution in [3.05, 3.63) is 58.8 Å². The van der Waals surface area contributed by atoms with Crippen LogP contribution in [-0.4, -0.2) is 44.0 Å². The SMILES string of the molecule is CN(c1ccc(-c2cc(F)c(-c3ccn(CF)c(=O)c3)cc2O)nn1)[C@@H]1C[C@]2(C)CC[C@](C)(C1)N2. The van der Waals surface area contributed by atoms with Crippen LogP contribution in [0, 0.1) is 5.82 Å². The number of nitrogens with one attached hydrogen (secondary N) is 1. The molecule has 2 N–H and O–H groups in total. The summed E-state index contributed by atoms with van der Waals surface area (Å²) >= 11 is 0. The molecule has 3 atom stereocenters. The lowest BCUT2D eigenvalue weighted by molar-refractivity contribution is 0.207. The number of halogens is 2. The summed E-state index contributed by atoms with van der Waals surface area (Å²) in [6, 6.07) is 8.85. The molecule has 0 unspecified atom stereocenters. The van der Waals surface area contributed by atoms with Crippen molar-refractivity contribution >= 4 is 5.82 Å². The lowest BCUT2D eigenvalue weighted by Crippen LogP contribution is -2.58. The molecule has 2 aliphatic heterocycles. The van der Waals surface area contributed by atoms with Crippen LogP contribution in [-0.2, 0) is 6.80 Å². The van der Waals surface area contributed by atoms with Gasteiger partial charge in [0.2, 0.25) is 0 Å². The average Bonchev–Trinajstić information content (AvgIpc) is 3.06. The van der Waals surface area contributed by atoms with Crippen molar-refractivity contribution < 1.29 is 13.9 Å². The van der Waals surface area contributed by atoms with Gasteiger partial charge in [-0.05, 0) is 75.4 Å². The van der Waals surface area contributed by atoms with Crippen LogP contribution in [0.15, 0.2) is 47.4 Å². The topological polar surface area (TPSA) is 83.3 Å². The number of phenols is 1. The Labute approximate surface area is 202 Å². The third kappa shape index (κ3) is 4.29. The number of nitrogens with zero attached hydrogens (tertiary/aromatic N) is 4. The van der Waals surface area contributed by atoms with Crippen LogP contribution in [0.25, 0.3) is 22.4 Å². The molecule has 7 nitrogen and oxygen atoms in total. The number of alkyl halides is 1. The van der Waals surface area contributed by atoms with Gasteiger partial charge in [-0.2, -0.15) is 0 Å². The van der Waals surface area contributed by atoms with E-state index in [-0.39, 0.29) is 33.5 Å². The zero-order chi connectivity index (χ0) is 25.0. The second-order valence-corrected chi connectivity index (χ2v) is 10.4. The first-order chi connectivity index (χ1) is 16.6. The normalized spacial score (nSPS) is 25.6. The first kappa shape index (κ1) is 23.4. The number of aromatic hydroxyl groups is 1. The fourth-order valence-electron chi connectivity index (χ4n) is 5.70. The molecule has 2 bridgehead atoms. The van der Waals surface area contributed by atoms with Gasteiger partial charge < -0.3 is 15.3 Å². The second-order valence-electron chi connectivity index (χ2n) is 10.4. The van der Waals surface area contributed by atoms with Crippen LogP contribution in [0.1, 0.15) is 39.5 Å². The number of anilines is 1. The van der Waals surface area contributed by atoms with E-state index < -0.39 is 18.2 Å². The zero-order valence-corrected chi connectivity index (χ0v) is 20.1. The highest BCUT2D eigenvalue weighted by Crippen LogP contribution is 2.44. The van der Waals surface area contributed by atoms with Gasteiger partial charge in [0.25, 0.3) is 5.56 Å². The Bertz CT molecular complexity index is 1310. The van der Waals surface area contributed by atoms with Crippen molar-refractivity contribution in [1.82, 2.24) is 20.1 Å². The molecule has 2 saturated heterocycles. The van der Waals surface area contributed by atoms with E-state index in [0.29, 0.717) is 11.7 Å². The molecule has 0 radical (unpaired) electrons. The number of phenolic OH excluding ortho intramolecular Hbond substituents is 1. The average molecular weight is 482 g/mol. The Morgan fingerprint density at radius 3 is 2.43 bits per heavy atom. The maximum absolute atomic E-state index is 15.0. The standard InChI is InChI=1S/C26H29F2N5O2/c1-25-7-8-26(2,31-25)14-17(13-25)32(3)23-5-4-21(29-30-23)19-11-20(28)18(12-22(19)34)16-6-9-33(15-27)24(35)10-16/h4-6,9-12,17,31,34H,7-8,13-15H2,1-3H3/t17-,25+,26-. The molecule has 4 heterocycles. The largest absolute Gasteiger partial charge is 0.507 e. The van der Waals surface area contributed by atoms with E-state index in [0.717, 1.165) is 42.1 Å². The number of piperidine rings is 1. The van der Waals surface area contributed by atoms with Gasteiger partial charge in [0.05, 0.1) is 5.69 Å². The predicted octanol–water partition coefficient (Wildman–Crippen LogP) is 4.24. The van der Waals surface area contributed by atoms with Gasteiger partial charge in [-0.25, -0.2) is 8.78 Å². The van der Waals surface area contributed by atoms with Crippen LogP contribution < -0.4 is 15.8 Å². The molecule has 0 amide bonds. The van der Waals surface area contributed by atoms with Gasteiger partial charge in [0.1, 0.15) is 11.6 Å². The van der Waals surface area contributed by atoms with Gasteiger partial charge in [-0.3, -0.25) is 9.36 Å². The van der Waals surface area contributed by atoms with Crippen LogP contribution in [0.4, 0.5) is 14.6 Å². The Morgan fingerprint density at radius 1 is 1.11 bits per heavy atom. The van der Waals surface area contributed by atoms with E-state index >= 15 is 0 Å². The Kier molecular flexibility index (Phi) is 5.62. The van der Waals surface area contributed by atoms with Gasteiger partial charge in [-0.1, -0.05) is 0 Å². The first-order valence-electron chi connectivity index (χ1n) is 11.8. The number of hydrogen-bond donors (Lipinski definition) is 2. The van der Waals surface area contributed by atoms with Crippen molar-refractivity contribution in [2.45, 2.75) is 63.4 Å². The molecular formula is C26H29F2N5O2. The summed E-state index contributed by atoms with van der Waals surface area (Å²) in [5, 5.41) is 23.0. The number of hydrogen-bond acceptors (Lipinski definition) is 6. The predicted molar refractivity (Wildman–Crippen MR) is 130 cm³/mol. The lowest BCUT2D eigenvalue weighted by atomic mass is 9.84. The molecule has 5 rings (SSSR count). The molecule has 2 fully saturated rings. The molecular weight excluding hydrogens is 452 g/mol. The number of benzene rings is 1. The van der Waals surface area contributed by atoms with Gasteiger partial charge in [0, 0.05) is 47.6 Å². The fourth-order valence-corrected chi connectivity index (χ4v) is 5.70. The van der Waals surface area contributed by atoms with Gasteiger partial charge in [0.15, 0.2) is 12.6 Å². The number of aromatic nitrogens is 3. The smallest absolute Gasteiger partial charge is 0.253 e. The van der Waals surface area contributed by atoms with Crippen molar-refractivity contribution in [3.63, 3.8) is 0 Å². The van der Waals surface area contributed by atoms with E-state index in [9.17, 15) is 18.7 Å². The molecule has 0 spiro atoms. The maximum atomic E-state index is 15.0. The van der Waals surface area contributed by atoms with Gasteiger partial charge >= 0.3 is 0 Å². The molecule has 1 aromatic carbocycles. The minimum Gasteiger partial charge on any atom is -0.507 e. The van der Waals surface area contributed by atoms with Crippen LogP contribution in [0.5, 0.6) is 5.75 Å². The van der Waals surface area contributed by atoms with E-state index in [2.05, 4.69) is 34.3 Å². The molecule has 2 aromatic heterocycles. The quantitative estimate of drug-likeness (QED) is 0.567. The first-order valence-corrected chi connectivity index (χ1v) is 11.8. The lowest BCUT2D eigenvalue weighted by Gasteiger charge is -2.45. The van der Waals surface area contributed by atoms with E-state index in [1.807, 2.05) is 13.1 Å². The Morgan fingerprint density at radius 2 is 1.83 bits per heavy atom. The van der Waals surface area contributed by atoms with Crippen molar-refractivity contribution in [3.8, 4) is 28.1 Å². The number of pyridine rings is 1. The summed E-state index contributed by atoms with van der Waals surface area (Å²) in [5.41, 5.74) is 0.488. The molecule has 184 valence electrons. The molecule has 0 aliphatic carbocycles. The molecule has 2 aliphatic rings. The summed E-state index contributed by atoms with van der Waals surface area (Å²) < 4.78 is 28.6. The Hall–Kier alpha value is -3.33. The fraction of sp³-hybridized carbons (Fsp3) is 0.423. The van der Waals surface area contributed by atoms with E-state index in [1.54, 1.807) is 6.07 Å². The maximum Gasteiger partial charge on any atom is 0.253 e. The van der Waals surface area contributed by atoms with Crippen molar-refractivity contribution in [2.75, 3.05) is 11.9 Å². The summed E-state index contributed by atoms with van der Waals surface area (Å²) in [7, 11) is 2.02. The third-order valence-corrected chi connectivity index (χ3v) is 7.56. The number of rotatable bonds is 5. The number of fused-ring (bicyclic) bond motifs is 2. The van der Waals surface area contributed by atoms with E-state index in [1.165, 1.54) is 24.4 Å². The van der Waals surface area contributed by atoms with Crippen molar-refractivity contribution in [1.29, 1.82) is 0 Å². The minimum atomic E-state index is -0.966. The molecule has 3 aromatic rings. The highest BCUT2D eigenvalue weighted by Gasteiger charge is 2.49. The minimum absolute atomic E-state index is 0.0428. The highest BCUT2D eigenvalue weighted by atomic mass is 19.1. The van der Waals surface area contributed by atoms with Crippen LogP contribution in [0.3, 0.4) is 0 Å². The third-order valence-electron chi connectivity index (χ3n) is 7.56. The van der Waals surface area contributed by atoms with E-state index in [4.69, 9.17) is 0 Å². The Balaban J connectivity index is 1.39. The monoisotopic (exact) mass is 481 g/mol. The molecule has 0 saturated carbocycles. The second kappa shape index (κ2) is 8.41. The van der Waals surface area contributed by atoms with Crippen LogP contribution in [0.2, 0.25) is 0 Å². The zero-order valence-electron chi connectivity index (χ0n) is 20.1. The van der Waals surface area contributed by atoms with Crippen LogP contribution >= 0.6 is 0 Å². The van der Waals surface area contributed by atoms with Crippen molar-refractivity contribution in [2.24, 2.45) is 0 Å². The molecule has 9 heteroatoms. The molecule has 35 heavy (non-hydrogen) atoms. The summed E-state index contributed by atoms with van der Waals surface area (Å²) in [6.07, 6.45) is 5.61. The highest BCUT2D eigenvalue weighted by molar-refractivity contribution is 5.74. The summed E-state index contributed by atoms with van der Waals surface area (Å²) in [6.45, 7) is 3.59.